The number of pyridine rings is 1. The van der Waals surface area contributed by atoms with Gasteiger partial charge >= 0.3 is 0 Å². The molecule has 5 nitrogen and oxygen atoms in total. The van der Waals surface area contributed by atoms with Crippen molar-refractivity contribution in [3.63, 3.8) is 0 Å². The van der Waals surface area contributed by atoms with Crippen molar-refractivity contribution >= 4 is 15.8 Å². The summed E-state index contributed by atoms with van der Waals surface area (Å²) in [6, 6.07) is 2.94. The number of sulfonamides is 1. The van der Waals surface area contributed by atoms with Crippen LogP contribution in [0, 0.1) is 5.92 Å². The summed E-state index contributed by atoms with van der Waals surface area (Å²) < 4.78 is 26.6. The molecule has 1 aliphatic rings. The van der Waals surface area contributed by atoms with Gasteiger partial charge in [0.2, 0.25) is 10.0 Å². The lowest BCUT2D eigenvalue weighted by molar-refractivity contribution is 0.407. The predicted octanol–water partition coefficient (Wildman–Crippen LogP) is 1.86. The molecule has 0 saturated carbocycles. The highest BCUT2D eigenvalue weighted by Gasteiger charge is 2.27. The molecule has 0 amide bonds. The van der Waals surface area contributed by atoms with Gasteiger partial charge in [-0.25, -0.2) is 13.4 Å². The molecule has 106 valence electrons. The van der Waals surface area contributed by atoms with Gasteiger partial charge < -0.3 is 5.73 Å². The van der Waals surface area contributed by atoms with E-state index in [9.17, 15) is 8.42 Å². The maximum absolute atomic E-state index is 12.5. The van der Waals surface area contributed by atoms with Crippen molar-refractivity contribution in [3.8, 4) is 0 Å². The standard InChI is InChI=1S/C13H21N3O2S/c1-2-11-4-3-8-16(9-6-11)19(17,18)12-5-7-15-13(14)10-12/h5,7,10-11H,2-4,6,8-9H2,1H3,(H2,14,15). The molecular formula is C13H21N3O2S. The Kier molecular flexibility index (Phi) is 4.42. The second-order valence-electron chi connectivity index (χ2n) is 5.03. The van der Waals surface area contributed by atoms with Crippen molar-refractivity contribution in [1.29, 1.82) is 0 Å². The van der Waals surface area contributed by atoms with Gasteiger partial charge in [0.1, 0.15) is 5.82 Å². The Balaban J connectivity index is 2.20. The lowest BCUT2D eigenvalue weighted by Crippen LogP contribution is -2.32. The van der Waals surface area contributed by atoms with Gasteiger partial charge in [0.05, 0.1) is 4.90 Å². The number of hydrogen-bond donors (Lipinski definition) is 1. The van der Waals surface area contributed by atoms with E-state index in [4.69, 9.17) is 5.73 Å². The number of nitrogens with zero attached hydrogens (tertiary/aromatic N) is 2. The summed E-state index contributed by atoms with van der Waals surface area (Å²) in [5.41, 5.74) is 5.57. The van der Waals surface area contributed by atoms with Crippen LogP contribution in [0.4, 0.5) is 5.82 Å². The molecule has 0 aliphatic carbocycles. The second-order valence-corrected chi connectivity index (χ2v) is 6.96. The molecule has 1 saturated heterocycles. The van der Waals surface area contributed by atoms with Crippen LogP contribution in [0.1, 0.15) is 32.6 Å². The van der Waals surface area contributed by atoms with Crippen LogP contribution in [-0.2, 0) is 10.0 Å². The first-order valence-corrected chi connectivity index (χ1v) is 8.19. The van der Waals surface area contributed by atoms with Crippen molar-refractivity contribution in [2.75, 3.05) is 18.8 Å². The number of aromatic nitrogens is 1. The first-order valence-electron chi connectivity index (χ1n) is 6.75. The zero-order chi connectivity index (χ0) is 13.9. The molecule has 1 aromatic rings. The lowest BCUT2D eigenvalue weighted by atomic mass is 9.98. The van der Waals surface area contributed by atoms with Gasteiger partial charge in [0.25, 0.3) is 0 Å². The number of nitrogens with two attached hydrogens (primary N) is 1. The number of rotatable bonds is 3. The minimum absolute atomic E-state index is 0.238. The molecule has 1 atom stereocenters. The minimum atomic E-state index is -3.43. The lowest BCUT2D eigenvalue weighted by Gasteiger charge is -2.20. The molecule has 2 N–H and O–H groups in total. The van der Waals surface area contributed by atoms with Crippen LogP contribution in [0.3, 0.4) is 0 Å². The first-order chi connectivity index (χ1) is 9.04. The van der Waals surface area contributed by atoms with Crippen LogP contribution in [0.5, 0.6) is 0 Å². The van der Waals surface area contributed by atoms with Gasteiger partial charge in [-0.1, -0.05) is 13.3 Å². The van der Waals surface area contributed by atoms with E-state index in [1.54, 1.807) is 4.31 Å². The van der Waals surface area contributed by atoms with Gasteiger partial charge in [-0.2, -0.15) is 4.31 Å². The van der Waals surface area contributed by atoms with Crippen molar-refractivity contribution in [2.45, 2.75) is 37.5 Å². The average Bonchev–Trinajstić information content (AvgIpc) is 2.64. The number of hydrogen-bond acceptors (Lipinski definition) is 4. The normalized spacial score (nSPS) is 22.1. The van der Waals surface area contributed by atoms with Crippen molar-refractivity contribution in [2.24, 2.45) is 5.92 Å². The third-order valence-corrected chi connectivity index (χ3v) is 5.67. The number of anilines is 1. The Labute approximate surface area is 114 Å². The number of nitrogen functional groups attached to an aromatic ring is 1. The minimum Gasteiger partial charge on any atom is -0.384 e. The summed E-state index contributed by atoms with van der Waals surface area (Å²) in [5, 5.41) is 0. The van der Waals surface area contributed by atoms with E-state index in [1.165, 1.54) is 18.3 Å². The van der Waals surface area contributed by atoms with Crippen LogP contribution in [0.15, 0.2) is 23.2 Å². The van der Waals surface area contributed by atoms with Crippen LogP contribution in [0.25, 0.3) is 0 Å². The second kappa shape index (κ2) is 5.88. The highest BCUT2D eigenvalue weighted by Crippen LogP contribution is 2.25. The molecule has 6 heteroatoms. The summed E-state index contributed by atoms with van der Waals surface area (Å²) in [6.45, 7) is 3.36. The van der Waals surface area contributed by atoms with Gasteiger partial charge in [-0.15, -0.1) is 0 Å². The Morgan fingerprint density at radius 2 is 2.21 bits per heavy atom. The van der Waals surface area contributed by atoms with E-state index < -0.39 is 10.0 Å². The summed E-state index contributed by atoms with van der Waals surface area (Å²) in [5.74, 6) is 0.880. The monoisotopic (exact) mass is 283 g/mol. The summed E-state index contributed by atoms with van der Waals surface area (Å²) in [4.78, 5) is 4.08. The Morgan fingerprint density at radius 3 is 2.89 bits per heavy atom. The fourth-order valence-corrected chi connectivity index (χ4v) is 4.04. The molecule has 0 radical (unpaired) electrons. The van der Waals surface area contributed by atoms with Crippen molar-refractivity contribution in [1.82, 2.24) is 9.29 Å². The molecule has 1 aromatic heterocycles. The smallest absolute Gasteiger partial charge is 0.243 e. The molecule has 2 heterocycles. The third-order valence-electron chi connectivity index (χ3n) is 3.77. The van der Waals surface area contributed by atoms with Gasteiger partial charge in [0, 0.05) is 25.4 Å². The molecular weight excluding hydrogens is 262 g/mol. The van der Waals surface area contributed by atoms with Crippen LogP contribution in [0.2, 0.25) is 0 Å². The topological polar surface area (TPSA) is 76.3 Å². The van der Waals surface area contributed by atoms with Gasteiger partial charge in [-0.3, -0.25) is 0 Å². The van der Waals surface area contributed by atoms with E-state index in [0.717, 1.165) is 25.7 Å². The zero-order valence-corrected chi connectivity index (χ0v) is 12.1. The van der Waals surface area contributed by atoms with E-state index in [2.05, 4.69) is 11.9 Å². The van der Waals surface area contributed by atoms with Gasteiger partial charge in [0.15, 0.2) is 0 Å². The molecule has 0 bridgehead atoms. The Bertz CT molecular complexity index is 530. The summed E-state index contributed by atoms with van der Waals surface area (Å²) in [7, 11) is -3.43. The molecule has 0 aromatic carbocycles. The van der Waals surface area contributed by atoms with E-state index in [0.29, 0.717) is 19.0 Å². The fraction of sp³-hybridized carbons (Fsp3) is 0.615. The van der Waals surface area contributed by atoms with Crippen LogP contribution in [-0.4, -0.2) is 30.8 Å². The molecule has 1 unspecified atom stereocenters. The van der Waals surface area contributed by atoms with E-state index in [1.807, 2.05) is 0 Å². The quantitative estimate of drug-likeness (QED) is 0.918. The molecule has 0 spiro atoms. The van der Waals surface area contributed by atoms with Gasteiger partial charge in [-0.05, 0) is 31.2 Å². The molecule has 2 rings (SSSR count). The van der Waals surface area contributed by atoms with Crippen LogP contribution >= 0.6 is 0 Å². The summed E-state index contributed by atoms with van der Waals surface area (Å²) in [6.07, 6.45) is 5.54. The maximum Gasteiger partial charge on any atom is 0.243 e. The molecule has 1 aliphatic heterocycles. The van der Waals surface area contributed by atoms with Crippen LogP contribution < -0.4 is 5.73 Å². The highest BCUT2D eigenvalue weighted by atomic mass is 32.2. The predicted molar refractivity (Wildman–Crippen MR) is 75.0 cm³/mol. The largest absolute Gasteiger partial charge is 0.384 e. The fourth-order valence-electron chi connectivity index (χ4n) is 2.53. The molecule has 19 heavy (non-hydrogen) atoms. The SMILES string of the molecule is CCC1CCCN(S(=O)(=O)c2ccnc(N)c2)CC1. The van der Waals surface area contributed by atoms with E-state index >= 15 is 0 Å². The first kappa shape index (κ1) is 14.3. The molecule has 1 fully saturated rings. The third kappa shape index (κ3) is 3.25. The maximum atomic E-state index is 12.5. The zero-order valence-electron chi connectivity index (χ0n) is 11.2. The van der Waals surface area contributed by atoms with Crippen molar-refractivity contribution in [3.05, 3.63) is 18.3 Å². The van der Waals surface area contributed by atoms with E-state index in [-0.39, 0.29) is 10.7 Å². The Hall–Kier alpha value is -1.14. The highest BCUT2D eigenvalue weighted by molar-refractivity contribution is 7.89. The van der Waals surface area contributed by atoms with Crippen molar-refractivity contribution < 1.29 is 8.42 Å². The summed E-state index contributed by atoms with van der Waals surface area (Å²) >= 11 is 0. The average molecular weight is 283 g/mol. The Morgan fingerprint density at radius 1 is 1.42 bits per heavy atom.